The maximum absolute atomic E-state index is 11.9. The van der Waals surface area contributed by atoms with Crippen LogP contribution in [0.15, 0.2) is 24.3 Å². The SMILES string of the molecule is COC(CN)CC(=O)NCc1ccc(CN2CCCCCC2)cc1. The summed E-state index contributed by atoms with van der Waals surface area (Å²) in [5.74, 6) is -0.0269. The van der Waals surface area contributed by atoms with Crippen LogP contribution in [-0.4, -0.2) is 43.7 Å². The van der Waals surface area contributed by atoms with Gasteiger partial charge in [0.1, 0.15) is 0 Å². The number of hydrogen-bond donors (Lipinski definition) is 2. The van der Waals surface area contributed by atoms with E-state index in [1.165, 1.54) is 44.3 Å². The van der Waals surface area contributed by atoms with Crippen LogP contribution in [-0.2, 0) is 22.6 Å². The van der Waals surface area contributed by atoms with Crippen molar-refractivity contribution in [1.29, 1.82) is 0 Å². The zero-order valence-electron chi connectivity index (χ0n) is 14.8. The van der Waals surface area contributed by atoms with Crippen molar-refractivity contribution in [2.75, 3.05) is 26.7 Å². The lowest BCUT2D eigenvalue weighted by molar-refractivity contribution is -0.123. The van der Waals surface area contributed by atoms with Crippen molar-refractivity contribution < 1.29 is 9.53 Å². The fourth-order valence-electron chi connectivity index (χ4n) is 3.06. The second-order valence-electron chi connectivity index (χ2n) is 6.58. The molecule has 0 bridgehead atoms. The van der Waals surface area contributed by atoms with Crippen molar-refractivity contribution in [2.24, 2.45) is 5.73 Å². The maximum atomic E-state index is 11.9. The lowest BCUT2D eigenvalue weighted by Crippen LogP contribution is -2.31. The molecule has 1 aromatic carbocycles. The summed E-state index contributed by atoms with van der Waals surface area (Å²) < 4.78 is 5.13. The van der Waals surface area contributed by atoms with E-state index in [1.54, 1.807) is 7.11 Å². The summed E-state index contributed by atoms with van der Waals surface area (Å²) in [6.45, 7) is 4.34. The van der Waals surface area contributed by atoms with Crippen LogP contribution in [0.3, 0.4) is 0 Å². The molecule has 0 aliphatic carbocycles. The van der Waals surface area contributed by atoms with E-state index >= 15 is 0 Å². The molecule has 0 radical (unpaired) electrons. The zero-order valence-corrected chi connectivity index (χ0v) is 14.8. The Bertz CT molecular complexity index is 478. The van der Waals surface area contributed by atoms with Gasteiger partial charge in [0.25, 0.3) is 0 Å². The van der Waals surface area contributed by atoms with Crippen molar-refractivity contribution in [3.8, 4) is 0 Å². The number of hydrogen-bond acceptors (Lipinski definition) is 4. The Labute approximate surface area is 145 Å². The molecule has 1 saturated heterocycles. The molecule has 1 aliphatic heterocycles. The molecule has 1 heterocycles. The van der Waals surface area contributed by atoms with Crippen LogP contribution < -0.4 is 11.1 Å². The fraction of sp³-hybridized carbons (Fsp3) is 0.632. The molecule has 1 aromatic rings. The highest BCUT2D eigenvalue weighted by molar-refractivity contribution is 5.76. The average Bonchev–Trinajstić information content (AvgIpc) is 2.87. The summed E-state index contributed by atoms with van der Waals surface area (Å²) in [4.78, 5) is 14.4. The number of carbonyl (C=O) groups excluding carboxylic acids is 1. The third-order valence-electron chi connectivity index (χ3n) is 4.63. The van der Waals surface area contributed by atoms with Gasteiger partial charge in [-0.05, 0) is 37.1 Å². The maximum Gasteiger partial charge on any atom is 0.222 e. The third-order valence-corrected chi connectivity index (χ3v) is 4.63. The minimum atomic E-state index is -0.207. The number of amides is 1. The molecule has 0 aromatic heterocycles. The summed E-state index contributed by atoms with van der Waals surface area (Å²) in [5.41, 5.74) is 7.99. The van der Waals surface area contributed by atoms with Gasteiger partial charge in [-0.1, -0.05) is 37.1 Å². The van der Waals surface area contributed by atoms with Crippen molar-refractivity contribution in [2.45, 2.75) is 51.3 Å². The van der Waals surface area contributed by atoms with Gasteiger partial charge in [-0.3, -0.25) is 9.69 Å². The van der Waals surface area contributed by atoms with Crippen LogP contribution in [0.25, 0.3) is 0 Å². The minimum Gasteiger partial charge on any atom is -0.380 e. The van der Waals surface area contributed by atoms with Crippen LogP contribution in [0.5, 0.6) is 0 Å². The van der Waals surface area contributed by atoms with Gasteiger partial charge >= 0.3 is 0 Å². The smallest absolute Gasteiger partial charge is 0.222 e. The van der Waals surface area contributed by atoms with Gasteiger partial charge in [-0.2, -0.15) is 0 Å². The Hall–Kier alpha value is -1.43. The molecule has 1 fully saturated rings. The summed E-state index contributed by atoms with van der Waals surface area (Å²) in [6, 6.07) is 8.54. The number of nitrogens with two attached hydrogens (primary N) is 1. The van der Waals surface area contributed by atoms with Crippen molar-refractivity contribution in [3.63, 3.8) is 0 Å². The Morgan fingerprint density at radius 2 is 1.79 bits per heavy atom. The van der Waals surface area contributed by atoms with Gasteiger partial charge in [0.05, 0.1) is 12.5 Å². The number of methoxy groups -OCH3 is 1. The first-order valence-electron chi connectivity index (χ1n) is 9.01. The number of nitrogens with zero attached hydrogens (tertiary/aromatic N) is 1. The first-order valence-corrected chi connectivity index (χ1v) is 9.01. The van der Waals surface area contributed by atoms with Gasteiger partial charge in [-0.25, -0.2) is 0 Å². The minimum absolute atomic E-state index is 0.0269. The fourth-order valence-corrected chi connectivity index (χ4v) is 3.06. The van der Waals surface area contributed by atoms with E-state index in [-0.39, 0.29) is 12.0 Å². The normalized spacial score (nSPS) is 17.2. The largest absolute Gasteiger partial charge is 0.380 e. The summed E-state index contributed by atoms with van der Waals surface area (Å²) >= 11 is 0. The number of likely N-dealkylation sites (tertiary alicyclic amines) is 1. The predicted molar refractivity (Wildman–Crippen MR) is 96.5 cm³/mol. The number of rotatable bonds is 8. The van der Waals surface area contributed by atoms with Gasteiger partial charge in [-0.15, -0.1) is 0 Å². The molecule has 1 unspecified atom stereocenters. The molecule has 5 heteroatoms. The molecular weight excluding hydrogens is 302 g/mol. The quantitative estimate of drug-likeness (QED) is 0.764. The average molecular weight is 333 g/mol. The Kier molecular flexibility index (Phi) is 8.22. The Morgan fingerprint density at radius 3 is 2.38 bits per heavy atom. The molecule has 5 nitrogen and oxygen atoms in total. The van der Waals surface area contributed by atoms with Gasteiger partial charge in [0.2, 0.25) is 5.91 Å². The first kappa shape index (κ1) is 18.9. The number of nitrogens with one attached hydrogen (secondary N) is 1. The monoisotopic (exact) mass is 333 g/mol. The molecule has 134 valence electrons. The highest BCUT2D eigenvalue weighted by Crippen LogP contribution is 2.14. The Balaban J connectivity index is 1.76. The lowest BCUT2D eigenvalue weighted by atomic mass is 10.1. The molecular formula is C19H31N3O2. The topological polar surface area (TPSA) is 67.6 Å². The van der Waals surface area contributed by atoms with Crippen molar-refractivity contribution in [3.05, 3.63) is 35.4 Å². The second kappa shape index (κ2) is 10.4. The highest BCUT2D eigenvalue weighted by Gasteiger charge is 2.11. The standard InChI is InChI=1S/C19H31N3O2/c1-24-18(13-20)12-19(23)21-14-16-6-8-17(9-7-16)15-22-10-4-2-3-5-11-22/h6-9,18H,2-5,10-15,20H2,1H3,(H,21,23). The van der Waals surface area contributed by atoms with E-state index in [2.05, 4.69) is 34.5 Å². The lowest BCUT2D eigenvalue weighted by Gasteiger charge is -2.19. The molecule has 0 spiro atoms. The highest BCUT2D eigenvalue weighted by atomic mass is 16.5. The van der Waals surface area contributed by atoms with E-state index in [0.717, 1.165) is 12.1 Å². The van der Waals surface area contributed by atoms with Gasteiger partial charge < -0.3 is 15.8 Å². The van der Waals surface area contributed by atoms with Crippen molar-refractivity contribution >= 4 is 5.91 Å². The van der Waals surface area contributed by atoms with E-state index < -0.39 is 0 Å². The number of benzene rings is 1. The van der Waals surface area contributed by atoms with Crippen LogP contribution in [0.2, 0.25) is 0 Å². The number of ether oxygens (including phenoxy) is 1. The predicted octanol–water partition coefficient (Wildman–Crippen LogP) is 2.04. The van der Waals surface area contributed by atoms with Crippen LogP contribution in [0.1, 0.15) is 43.2 Å². The summed E-state index contributed by atoms with van der Waals surface area (Å²) in [7, 11) is 1.58. The molecule has 24 heavy (non-hydrogen) atoms. The first-order chi connectivity index (χ1) is 11.7. The zero-order chi connectivity index (χ0) is 17.2. The van der Waals surface area contributed by atoms with Crippen LogP contribution in [0, 0.1) is 0 Å². The van der Waals surface area contributed by atoms with E-state index in [9.17, 15) is 4.79 Å². The number of carbonyl (C=O) groups is 1. The molecule has 1 aliphatic rings. The molecule has 2 rings (SSSR count). The summed E-state index contributed by atoms with van der Waals surface area (Å²) in [6.07, 6.45) is 5.46. The van der Waals surface area contributed by atoms with Gasteiger partial charge in [0.15, 0.2) is 0 Å². The molecule has 1 amide bonds. The van der Waals surface area contributed by atoms with Crippen LogP contribution >= 0.6 is 0 Å². The second-order valence-corrected chi connectivity index (χ2v) is 6.58. The van der Waals surface area contributed by atoms with Crippen LogP contribution in [0.4, 0.5) is 0 Å². The van der Waals surface area contributed by atoms with E-state index in [1.807, 2.05) is 0 Å². The molecule has 0 saturated carbocycles. The molecule has 3 N–H and O–H groups in total. The van der Waals surface area contributed by atoms with Crippen molar-refractivity contribution in [1.82, 2.24) is 10.2 Å². The summed E-state index contributed by atoms with van der Waals surface area (Å²) in [5, 5.41) is 2.92. The Morgan fingerprint density at radius 1 is 1.17 bits per heavy atom. The van der Waals surface area contributed by atoms with Gasteiger partial charge in [0, 0.05) is 26.7 Å². The molecule has 1 atom stereocenters. The van der Waals surface area contributed by atoms with E-state index in [0.29, 0.717) is 19.5 Å². The van der Waals surface area contributed by atoms with E-state index in [4.69, 9.17) is 10.5 Å². The third kappa shape index (κ3) is 6.59.